The summed E-state index contributed by atoms with van der Waals surface area (Å²) in [6.07, 6.45) is 7.39. The van der Waals surface area contributed by atoms with Crippen LogP contribution < -0.4 is 0 Å². The van der Waals surface area contributed by atoms with Crippen molar-refractivity contribution in [1.82, 2.24) is 0 Å². The van der Waals surface area contributed by atoms with E-state index in [-0.39, 0.29) is 0 Å². The molecule has 1 unspecified atom stereocenters. The molecular formula is C43H36S. The van der Waals surface area contributed by atoms with Crippen molar-refractivity contribution < 1.29 is 0 Å². The molecule has 1 heterocycles. The zero-order chi connectivity index (χ0) is 30.4. The van der Waals surface area contributed by atoms with E-state index in [1.807, 2.05) is 11.3 Å². The Balaban J connectivity index is 1.46. The highest BCUT2D eigenvalue weighted by molar-refractivity contribution is 7.26. The standard InChI is InChI=1S/C43H36S/c1-6-13-32(7-2)43(29(5)34(8-3)41-35(15-12-18-39(41)43)30-22-20-28(4)21-23-30)33-26-24-31(25-27-33)36-16-11-17-38-37-14-9-10-19-40(37)44-42(36)38/h7-27H,2-3,6H2,1,4-5H3/b32-13+. The minimum Gasteiger partial charge on any atom is -0.135 e. The Labute approximate surface area is 265 Å². The van der Waals surface area contributed by atoms with Gasteiger partial charge >= 0.3 is 0 Å². The predicted molar refractivity (Wildman–Crippen MR) is 194 cm³/mol. The molecule has 214 valence electrons. The van der Waals surface area contributed by atoms with Crippen molar-refractivity contribution in [2.75, 3.05) is 0 Å². The zero-order valence-corrected chi connectivity index (χ0v) is 26.5. The molecule has 1 atom stereocenters. The van der Waals surface area contributed by atoms with Gasteiger partial charge in [-0.15, -0.1) is 11.3 Å². The van der Waals surface area contributed by atoms with Crippen molar-refractivity contribution >= 4 is 37.1 Å². The van der Waals surface area contributed by atoms with Gasteiger partial charge in [-0.05, 0) is 82.0 Å². The van der Waals surface area contributed by atoms with Gasteiger partial charge in [0.05, 0.1) is 5.41 Å². The van der Waals surface area contributed by atoms with Gasteiger partial charge < -0.3 is 0 Å². The van der Waals surface area contributed by atoms with Gasteiger partial charge in [-0.25, -0.2) is 0 Å². The molecule has 0 N–H and O–H groups in total. The van der Waals surface area contributed by atoms with Crippen LogP contribution in [0.4, 0.5) is 0 Å². The van der Waals surface area contributed by atoms with Crippen molar-refractivity contribution in [2.24, 2.45) is 0 Å². The second kappa shape index (κ2) is 11.1. The number of thiophene rings is 1. The summed E-state index contributed by atoms with van der Waals surface area (Å²) in [5, 5.41) is 2.65. The van der Waals surface area contributed by atoms with E-state index < -0.39 is 5.41 Å². The van der Waals surface area contributed by atoms with Gasteiger partial charge in [0, 0.05) is 20.2 Å². The maximum absolute atomic E-state index is 4.35. The topological polar surface area (TPSA) is 0 Å². The summed E-state index contributed by atoms with van der Waals surface area (Å²) in [5.74, 6) is 0. The second-order valence-corrected chi connectivity index (χ2v) is 12.8. The first kappa shape index (κ1) is 28.1. The molecule has 1 aromatic heterocycles. The van der Waals surface area contributed by atoms with Crippen LogP contribution in [-0.2, 0) is 5.41 Å². The molecule has 0 fully saturated rings. The average molecular weight is 585 g/mol. The van der Waals surface area contributed by atoms with E-state index in [0.717, 1.165) is 6.42 Å². The Hall–Kier alpha value is -4.72. The minimum atomic E-state index is -0.459. The Morgan fingerprint density at radius 1 is 0.727 bits per heavy atom. The fraction of sp³-hybridized carbons (Fsp3) is 0.116. The van der Waals surface area contributed by atoms with Crippen LogP contribution in [-0.4, -0.2) is 0 Å². The molecule has 1 aliphatic carbocycles. The van der Waals surface area contributed by atoms with E-state index in [2.05, 4.69) is 161 Å². The van der Waals surface area contributed by atoms with Crippen molar-refractivity contribution in [3.8, 4) is 22.3 Å². The van der Waals surface area contributed by atoms with Gasteiger partial charge in [-0.2, -0.15) is 0 Å². The maximum atomic E-state index is 4.35. The number of hydrogen-bond acceptors (Lipinski definition) is 1. The first-order valence-electron chi connectivity index (χ1n) is 15.4. The van der Waals surface area contributed by atoms with Crippen molar-refractivity contribution in [1.29, 1.82) is 0 Å². The van der Waals surface area contributed by atoms with E-state index >= 15 is 0 Å². The lowest BCUT2D eigenvalue weighted by molar-refractivity contribution is 0.737. The lowest BCUT2D eigenvalue weighted by Crippen LogP contribution is -2.29. The van der Waals surface area contributed by atoms with Crippen molar-refractivity contribution in [2.45, 2.75) is 32.6 Å². The van der Waals surface area contributed by atoms with E-state index in [4.69, 9.17) is 0 Å². The van der Waals surface area contributed by atoms with Crippen LogP contribution in [0.5, 0.6) is 0 Å². The van der Waals surface area contributed by atoms with Gasteiger partial charge in [0.2, 0.25) is 0 Å². The summed E-state index contributed by atoms with van der Waals surface area (Å²) in [6.45, 7) is 15.3. The zero-order valence-electron chi connectivity index (χ0n) is 25.7. The van der Waals surface area contributed by atoms with E-state index in [1.165, 1.54) is 81.4 Å². The number of fused-ring (bicyclic) bond motifs is 4. The highest BCUT2D eigenvalue weighted by Crippen LogP contribution is 2.57. The fourth-order valence-corrected chi connectivity index (χ4v) is 8.61. The fourth-order valence-electron chi connectivity index (χ4n) is 7.37. The minimum absolute atomic E-state index is 0.459. The lowest BCUT2D eigenvalue weighted by Gasteiger charge is -2.36. The molecule has 0 amide bonds. The maximum Gasteiger partial charge on any atom is 0.0670 e. The highest BCUT2D eigenvalue weighted by atomic mass is 32.1. The van der Waals surface area contributed by atoms with Crippen LogP contribution >= 0.6 is 11.3 Å². The first-order valence-corrected chi connectivity index (χ1v) is 16.2. The summed E-state index contributed by atoms with van der Waals surface area (Å²) in [7, 11) is 0. The molecule has 0 saturated carbocycles. The summed E-state index contributed by atoms with van der Waals surface area (Å²) in [6, 6.07) is 40.4. The normalized spacial score (nSPS) is 16.5. The largest absolute Gasteiger partial charge is 0.135 e. The summed E-state index contributed by atoms with van der Waals surface area (Å²) < 4.78 is 2.67. The highest BCUT2D eigenvalue weighted by Gasteiger charge is 2.46. The summed E-state index contributed by atoms with van der Waals surface area (Å²) >= 11 is 1.88. The molecule has 0 spiro atoms. The Morgan fingerprint density at radius 3 is 2.11 bits per heavy atom. The van der Waals surface area contributed by atoms with Crippen LogP contribution in [0, 0.1) is 6.92 Å². The molecule has 1 heteroatoms. The molecule has 0 nitrogen and oxygen atoms in total. The SMILES string of the molecule is C=CC1=C(C)C(/C(C=C)=C/CC)(c2ccc(-c3cccc4c3sc3ccccc34)cc2)c2cccc(-c3ccc(C)cc3)c21. The lowest BCUT2D eigenvalue weighted by atomic mass is 9.66. The van der Waals surface area contributed by atoms with Crippen LogP contribution in [0.25, 0.3) is 48.0 Å². The van der Waals surface area contributed by atoms with Gasteiger partial charge in [0.25, 0.3) is 0 Å². The Morgan fingerprint density at radius 2 is 1.39 bits per heavy atom. The molecular weight excluding hydrogens is 549 g/mol. The molecule has 0 aliphatic heterocycles. The average Bonchev–Trinajstić information content (AvgIpc) is 3.57. The van der Waals surface area contributed by atoms with Crippen LogP contribution in [0.15, 0.2) is 152 Å². The van der Waals surface area contributed by atoms with E-state index in [0.29, 0.717) is 0 Å². The number of allylic oxidation sites excluding steroid dienone is 6. The molecule has 1 aliphatic rings. The molecule has 0 saturated heterocycles. The van der Waals surface area contributed by atoms with Gasteiger partial charge in [0.15, 0.2) is 0 Å². The van der Waals surface area contributed by atoms with Gasteiger partial charge in [0.1, 0.15) is 0 Å². The number of rotatable bonds is 7. The molecule has 44 heavy (non-hydrogen) atoms. The quantitative estimate of drug-likeness (QED) is 0.164. The van der Waals surface area contributed by atoms with Crippen LogP contribution in [0.3, 0.4) is 0 Å². The number of hydrogen-bond donors (Lipinski definition) is 0. The van der Waals surface area contributed by atoms with Crippen molar-refractivity contribution in [3.05, 3.63) is 174 Å². The number of aryl methyl sites for hydroxylation is 1. The summed E-state index contributed by atoms with van der Waals surface area (Å²) in [4.78, 5) is 0. The molecule has 5 aromatic carbocycles. The third-order valence-corrected chi connectivity index (χ3v) is 10.6. The molecule has 7 rings (SSSR count). The molecule has 6 aromatic rings. The first-order chi connectivity index (χ1) is 21.5. The van der Waals surface area contributed by atoms with Gasteiger partial charge in [-0.1, -0.05) is 147 Å². The van der Waals surface area contributed by atoms with E-state index in [1.54, 1.807) is 0 Å². The smallest absolute Gasteiger partial charge is 0.0670 e. The predicted octanol–water partition coefficient (Wildman–Crippen LogP) is 12.5. The summed E-state index contributed by atoms with van der Waals surface area (Å²) in [5.41, 5.74) is 13.3. The van der Waals surface area contributed by atoms with Crippen LogP contribution in [0.2, 0.25) is 0 Å². The van der Waals surface area contributed by atoms with Crippen LogP contribution in [0.1, 0.15) is 42.5 Å². The Bertz CT molecular complexity index is 2130. The molecule has 0 radical (unpaired) electrons. The second-order valence-electron chi connectivity index (χ2n) is 11.7. The van der Waals surface area contributed by atoms with Crippen molar-refractivity contribution in [3.63, 3.8) is 0 Å². The van der Waals surface area contributed by atoms with Gasteiger partial charge in [-0.3, -0.25) is 0 Å². The van der Waals surface area contributed by atoms with E-state index in [9.17, 15) is 0 Å². The monoisotopic (exact) mass is 584 g/mol. The molecule has 0 bridgehead atoms. The third-order valence-electron chi connectivity index (χ3n) is 9.38. The Kier molecular flexibility index (Phi) is 7.07. The third kappa shape index (κ3) is 4.11. The number of benzene rings is 5.